The summed E-state index contributed by atoms with van der Waals surface area (Å²) in [6.07, 6.45) is 4.23. The first-order valence-corrected chi connectivity index (χ1v) is 6.20. The zero-order valence-electron chi connectivity index (χ0n) is 11.5. The fraction of sp³-hybridized carbons (Fsp3) is 0.667. The second-order valence-corrected chi connectivity index (χ2v) is 5.68. The number of rotatable bonds is 2. The van der Waals surface area contributed by atoms with E-state index in [9.17, 15) is 4.79 Å². The van der Waals surface area contributed by atoms with Crippen LogP contribution in [0.2, 0.25) is 0 Å². The predicted octanol–water partition coefficient (Wildman–Crippen LogP) is 4.29. The van der Waals surface area contributed by atoms with Crippen LogP contribution in [0.25, 0.3) is 0 Å². The highest BCUT2D eigenvalue weighted by molar-refractivity contribution is 6.09. The largest absolute Gasteiger partial charge is 0.289 e. The minimum atomic E-state index is 0.0396. The van der Waals surface area contributed by atoms with Crippen molar-refractivity contribution in [1.29, 1.82) is 0 Å². The lowest BCUT2D eigenvalue weighted by atomic mass is 9.67. The highest BCUT2D eigenvalue weighted by Crippen LogP contribution is 2.43. The molecule has 0 aromatic carbocycles. The number of ketones is 1. The predicted molar refractivity (Wildman–Crippen MR) is 69.3 cm³/mol. The Balaban J connectivity index is 3.25. The van der Waals surface area contributed by atoms with Gasteiger partial charge in [0.2, 0.25) is 0 Å². The van der Waals surface area contributed by atoms with E-state index in [0.717, 1.165) is 17.6 Å². The highest BCUT2D eigenvalue weighted by atomic mass is 16.1. The van der Waals surface area contributed by atoms with Crippen LogP contribution >= 0.6 is 0 Å². The van der Waals surface area contributed by atoms with Crippen LogP contribution in [0.3, 0.4) is 0 Å². The van der Waals surface area contributed by atoms with Crippen molar-refractivity contribution in [3.05, 3.63) is 22.8 Å². The summed E-state index contributed by atoms with van der Waals surface area (Å²) in [7, 11) is 0. The Morgan fingerprint density at radius 1 is 1.44 bits per heavy atom. The SMILES string of the molecule is C/C=C(\C)C(=O)C1=C(C)C(C)CCC1(C)C. The molecule has 0 fully saturated rings. The molecule has 0 aromatic rings. The van der Waals surface area contributed by atoms with Gasteiger partial charge in [-0.1, -0.05) is 32.4 Å². The quantitative estimate of drug-likeness (QED) is 0.634. The lowest BCUT2D eigenvalue weighted by Gasteiger charge is -2.36. The molecule has 0 amide bonds. The summed E-state index contributed by atoms with van der Waals surface area (Å²) in [5.41, 5.74) is 3.26. The van der Waals surface area contributed by atoms with Crippen LogP contribution in [0.5, 0.6) is 0 Å². The Morgan fingerprint density at radius 3 is 2.50 bits per heavy atom. The van der Waals surface area contributed by atoms with Gasteiger partial charge < -0.3 is 0 Å². The van der Waals surface area contributed by atoms with Gasteiger partial charge in [-0.05, 0) is 50.5 Å². The molecule has 0 aromatic heterocycles. The van der Waals surface area contributed by atoms with Crippen molar-refractivity contribution in [1.82, 2.24) is 0 Å². The van der Waals surface area contributed by atoms with Gasteiger partial charge in [-0.3, -0.25) is 4.79 Å². The molecule has 0 bridgehead atoms. The van der Waals surface area contributed by atoms with Crippen molar-refractivity contribution >= 4 is 5.78 Å². The maximum Gasteiger partial charge on any atom is 0.184 e. The number of hydrogen-bond donors (Lipinski definition) is 0. The lowest BCUT2D eigenvalue weighted by Crippen LogP contribution is -2.29. The summed E-state index contributed by atoms with van der Waals surface area (Å²) in [4.78, 5) is 12.4. The third kappa shape index (κ3) is 2.28. The number of hydrogen-bond acceptors (Lipinski definition) is 1. The van der Waals surface area contributed by atoms with E-state index < -0.39 is 0 Å². The average molecular weight is 220 g/mol. The molecule has 16 heavy (non-hydrogen) atoms. The third-order valence-corrected chi connectivity index (χ3v) is 4.03. The van der Waals surface area contributed by atoms with Crippen LogP contribution in [0, 0.1) is 11.3 Å². The Bertz CT molecular complexity index is 356. The molecule has 90 valence electrons. The van der Waals surface area contributed by atoms with E-state index in [1.165, 1.54) is 12.0 Å². The molecule has 1 heteroatoms. The molecule has 0 saturated heterocycles. The summed E-state index contributed by atoms with van der Waals surface area (Å²) in [5.74, 6) is 0.799. The van der Waals surface area contributed by atoms with E-state index in [2.05, 4.69) is 27.7 Å². The fourth-order valence-electron chi connectivity index (χ4n) is 2.51. The van der Waals surface area contributed by atoms with Gasteiger partial charge in [-0.25, -0.2) is 0 Å². The first-order chi connectivity index (χ1) is 7.31. The van der Waals surface area contributed by atoms with Gasteiger partial charge in [0.25, 0.3) is 0 Å². The minimum Gasteiger partial charge on any atom is -0.289 e. The zero-order chi connectivity index (χ0) is 12.5. The molecule has 1 atom stereocenters. The van der Waals surface area contributed by atoms with Gasteiger partial charge in [0, 0.05) is 5.57 Å². The summed E-state index contributed by atoms with van der Waals surface area (Å²) in [6, 6.07) is 0. The Hall–Kier alpha value is -0.850. The van der Waals surface area contributed by atoms with Gasteiger partial charge in [-0.2, -0.15) is 0 Å². The van der Waals surface area contributed by atoms with E-state index in [1.54, 1.807) is 0 Å². The molecule has 1 rings (SSSR count). The smallest absolute Gasteiger partial charge is 0.184 e. The summed E-state index contributed by atoms with van der Waals surface area (Å²) < 4.78 is 0. The average Bonchev–Trinajstić information content (AvgIpc) is 2.22. The van der Waals surface area contributed by atoms with E-state index in [-0.39, 0.29) is 11.2 Å². The van der Waals surface area contributed by atoms with Crippen molar-refractivity contribution in [3.8, 4) is 0 Å². The van der Waals surface area contributed by atoms with Crippen molar-refractivity contribution in [2.75, 3.05) is 0 Å². The molecule has 0 spiro atoms. The van der Waals surface area contributed by atoms with E-state index >= 15 is 0 Å². The third-order valence-electron chi connectivity index (χ3n) is 4.03. The Labute approximate surface area is 99.6 Å². The topological polar surface area (TPSA) is 17.1 Å². The lowest BCUT2D eigenvalue weighted by molar-refractivity contribution is -0.113. The van der Waals surface area contributed by atoms with Crippen LogP contribution in [0.4, 0.5) is 0 Å². The summed E-state index contributed by atoms with van der Waals surface area (Å²) in [6.45, 7) is 12.6. The van der Waals surface area contributed by atoms with Gasteiger partial charge in [-0.15, -0.1) is 0 Å². The number of carbonyl (C=O) groups is 1. The van der Waals surface area contributed by atoms with Crippen LogP contribution in [0.1, 0.15) is 54.4 Å². The van der Waals surface area contributed by atoms with Crippen LogP contribution < -0.4 is 0 Å². The monoisotopic (exact) mass is 220 g/mol. The van der Waals surface area contributed by atoms with Crippen molar-refractivity contribution in [3.63, 3.8) is 0 Å². The molecule has 0 heterocycles. The molecule has 1 unspecified atom stereocenters. The second-order valence-electron chi connectivity index (χ2n) is 5.68. The fourth-order valence-corrected chi connectivity index (χ4v) is 2.51. The van der Waals surface area contributed by atoms with Crippen molar-refractivity contribution < 1.29 is 4.79 Å². The highest BCUT2D eigenvalue weighted by Gasteiger charge is 2.35. The Kier molecular flexibility index (Phi) is 3.77. The summed E-state index contributed by atoms with van der Waals surface area (Å²) >= 11 is 0. The van der Waals surface area contributed by atoms with E-state index in [4.69, 9.17) is 0 Å². The Morgan fingerprint density at radius 2 is 2.00 bits per heavy atom. The first kappa shape index (κ1) is 13.2. The van der Waals surface area contributed by atoms with Crippen molar-refractivity contribution in [2.45, 2.75) is 54.4 Å². The van der Waals surface area contributed by atoms with Crippen LogP contribution in [0.15, 0.2) is 22.8 Å². The zero-order valence-corrected chi connectivity index (χ0v) is 11.5. The minimum absolute atomic E-state index is 0.0396. The number of allylic oxidation sites excluding steroid dienone is 4. The number of Topliss-reactive ketones (excluding diaryl/α,β-unsaturated/α-hetero) is 1. The molecule has 0 radical (unpaired) electrons. The first-order valence-electron chi connectivity index (χ1n) is 6.20. The van der Waals surface area contributed by atoms with Crippen molar-refractivity contribution in [2.24, 2.45) is 11.3 Å². The van der Waals surface area contributed by atoms with Crippen LogP contribution in [-0.4, -0.2) is 5.78 Å². The number of carbonyl (C=O) groups excluding carboxylic acids is 1. The second kappa shape index (κ2) is 4.57. The molecule has 0 aliphatic heterocycles. The molecule has 1 aliphatic rings. The van der Waals surface area contributed by atoms with Gasteiger partial charge in [0.1, 0.15) is 0 Å². The normalized spacial score (nSPS) is 25.9. The standard InChI is InChI=1S/C15H24O/c1-7-10(2)14(16)13-12(4)11(3)8-9-15(13,5)6/h7,11H,8-9H2,1-6H3/b10-7+. The maximum absolute atomic E-state index is 12.4. The van der Waals surface area contributed by atoms with Crippen LogP contribution in [-0.2, 0) is 4.79 Å². The van der Waals surface area contributed by atoms with E-state index in [0.29, 0.717) is 5.92 Å². The summed E-state index contributed by atoms with van der Waals surface area (Å²) in [5, 5.41) is 0. The molecular formula is C15H24O. The molecule has 0 N–H and O–H groups in total. The van der Waals surface area contributed by atoms with Gasteiger partial charge >= 0.3 is 0 Å². The molecule has 1 nitrogen and oxygen atoms in total. The maximum atomic E-state index is 12.4. The van der Waals surface area contributed by atoms with Gasteiger partial charge in [0.05, 0.1) is 0 Å². The molecule has 1 aliphatic carbocycles. The molecule has 0 saturated carbocycles. The van der Waals surface area contributed by atoms with Gasteiger partial charge in [0.15, 0.2) is 5.78 Å². The van der Waals surface area contributed by atoms with E-state index in [1.807, 2.05) is 19.9 Å². The molecular weight excluding hydrogens is 196 g/mol.